The lowest BCUT2D eigenvalue weighted by molar-refractivity contribution is -0.274. The van der Waals surface area contributed by atoms with Crippen LogP contribution < -0.4 is 25.8 Å². The Morgan fingerprint density at radius 2 is 1.73 bits per heavy atom. The lowest BCUT2D eigenvalue weighted by Crippen LogP contribution is -2.31. The first kappa shape index (κ1) is 28.9. The molecule has 0 bridgehead atoms. The van der Waals surface area contributed by atoms with E-state index in [0.717, 1.165) is 29.0 Å². The van der Waals surface area contributed by atoms with Crippen molar-refractivity contribution in [3.8, 4) is 11.5 Å². The van der Waals surface area contributed by atoms with Crippen molar-refractivity contribution < 1.29 is 22.6 Å². The molecule has 7 nitrogen and oxygen atoms in total. The number of aliphatic imine (C=N–C) groups is 2. The second kappa shape index (κ2) is 12.4. The lowest BCUT2D eigenvalue weighted by atomic mass is 10.0. The topological polar surface area (TPSA) is 93.3 Å². The number of benzene rings is 3. The fourth-order valence-electron chi connectivity index (χ4n) is 4.18. The van der Waals surface area contributed by atoms with E-state index in [1.54, 1.807) is 7.11 Å². The van der Waals surface area contributed by atoms with Gasteiger partial charge in [-0.2, -0.15) is 0 Å². The van der Waals surface area contributed by atoms with E-state index in [4.69, 9.17) is 22.7 Å². The number of ether oxygens (including phenoxy) is 2. The van der Waals surface area contributed by atoms with Crippen LogP contribution in [0.25, 0.3) is 0 Å². The number of hydrogen-bond acceptors (Lipinski definition) is 4. The largest absolute Gasteiger partial charge is 0.573 e. The molecule has 2 atom stereocenters. The molecule has 0 aromatic heterocycles. The Bertz CT molecular complexity index is 1390. The van der Waals surface area contributed by atoms with Crippen LogP contribution in [0.4, 0.5) is 24.5 Å². The zero-order valence-electron chi connectivity index (χ0n) is 22.2. The SMILES string of the molecule is COc1ccc(NC(=S)NC2CC2c2ccc(C(N)=NC=Nc3ccc(OC(F)(F)F)cc3)cc2)c(C(C)C)c1. The highest BCUT2D eigenvalue weighted by atomic mass is 32.1. The van der Waals surface area contributed by atoms with Gasteiger partial charge in [0.2, 0.25) is 0 Å². The van der Waals surface area contributed by atoms with Crippen LogP contribution in [0.5, 0.6) is 11.5 Å². The van der Waals surface area contributed by atoms with Crippen molar-refractivity contribution in [3.05, 3.63) is 83.4 Å². The van der Waals surface area contributed by atoms with Gasteiger partial charge in [0.25, 0.3) is 0 Å². The lowest BCUT2D eigenvalue weighted by Gasteiger charge is -2.17. The van der Waals surface area contributed by atoms with Crippen LogP contribution in [0.2, 0.25) is 0 Å². The summed E-state index contributed by atoms with van der Waals surface area (Å²) in [6.07, 6.45) is -2.52. The molecule has 0 heterocycles. The third-order valence-corrected chi connectivity index (χ3v) is 6.56. The van der Waals surface area contributed by atoms with E-state index in [-0.39, 0.29) is 17.6 Å². The number of nitrogens with one attached hydrogen (secondary N) is 2. The van der Waals surface area contributed by atoms with Gasteiger partial charge in [-0.15, -0.1) is 13.2 Å². The Morgan fingerprint density at radius 3 is 2.35 bits per heavy atom. The van der Waals surface area contributed by atoms with Gasteiger partial charge in [0.15, 0.2) is 5.11 Å². The van der Waals surface area contributed by atoms with Crippen molar-refractivity contribution in [1.29, 1.82) is 0 Å². The summed E-state index contributed by atoms with van der Waals surface area (Å²) >= 11 is 5.57. The first-order chi connectivity index (χ1) is 19.0. The number of thiocarbonyl (C=S) groups is 1. The van der Waals surface area contributed by atoms with E-state index in [1.165, 1.54) is 36.2 Å². The minimum Gasteiger partial charge on any atom is -0.497 e. The maximum atomic E-state index is 12.3. The highest BCUT2D eigenvalue weighted by Gasteiger charge is 2.39. The first-order valence-electron chi connectivity index (χ1n) is 12.6. The van der Waals surface area contributed by atoms with Gasteiger partial charge in [0, 0.05) is 23.2 Å². The van der Waals surface area contributed by atoms with Gasteiger partial charge in [-0.25, -0.2) is 9.98 Å². The molecule has 4 rings (SSSR count). The van der Waals surface area contributed by atoms with Crippen molar-refractivity contribution in [3.63, 3.8) is 0 Å². The highest BCUT2D eigenvalue weighted by Crippen LogP contribution is 2.41. The van der Waals surface area contributed by atoms with Gasteiger partial charge < -0.3 is 25.8 Å². The number of amidine groups is 1. The molecule has 2 unspecified atom stereocenters. The van der Waals surface area contributed by atoms with Gasteiger partial charge in [-0.3, -0.25) is 0 Å². The molecular formula is C29H30F3N5O2S. The quantitative estimate of drug-likeness (QED) is 0.152. The molecule has 4 N–H and O–H groups in total. The second-order valence-corrected chi connectivity index (χ2v) is 9.99. The Morgan fingerprint density at radius 1 is 1.05 bits per heavy atom. The van der Waals surface area contributed by atoms with Crippen LogP contribution in [0.1, 0.15) is 48.8 Å². The van der Waals surface area contributed by atoms with Crippen LogP contribution in [-0.2, 0) is 0 Å². The molecule has 3 aromatic rings. The molecule has 1 aliphatic rings. The average molecular weight is 570 g/mol. The van der Waals surface area contributed by atoms with Crippen LogP contribution in [0.3, 0.4) is 0 Å². The van der Waals surface area contributed by atoms with Gasteiger partial charge in [0.05, 0.1) is 12.8 Å². The normalized spacial score (nSPS) is 17.1. The zero-order valence-corrected chi connectivity index (χ0v) is 23.0. The van der Waals surface area contributed by atoms with Gasteiger partial charge in [-0.1, -0.05) is 38.1 Å². The van der Waals surface area contributed by atoms with Gasteiger partial charge in [-0.05, 0) is 78.1 Å². The van der Waals surface area contributed by atoms with Crippen LogP contribution >= 0.6 is 12.2 Å². The van der Waals surface area contributed by atoms with E-state index in [0.29, 0.717) is 22.6 Å². The fraction of sp³-hybridized carbons (Fsp3) is 0.276. The molecule has 0 saturated heterocycles. The number of nitrogens with two attached hydrogens (primary N) is 1. The Hall–Kier alpha value is -4.12. The summed E-state index contributed by atoms with van der Waals surface area (Å²) in [5, 5.41) is 7.30. The Kier molecular flexibility index (Phi) is 8.93. The molecule has 0 aliphatic heterocycles. The predicted octanol–water partition coefficient (Wildman–Crippen LogP) is 6.63. The van der Waals surface area contributed by atoms with E-state index < -0.39 is 6.36 Å². The van der Waals surface area contributed by atoms with Crippen LogP contribution in [-0.4, -0.2) is 36.8 Å². The summed E-state index contributed by atoms with van der Waals surface area (Å²) in [6.45, 7) is 4.25. The molecule has 1 fully saturated rings. The number of anilines is 1. The smallest absolute Gasteiger partial charge is 0.497 e. The van der Waals surface area contributed by atoms with E-state index in [2.05, 4.69) is 39.2 Å². The number of rotatable bonds is 9. The van der Waals surface area contributed by atoms with E-state index >= 15 is 0 Å². The monoisotopic (exact) mass is 569 g/mol. The summed E-state index contributed by atoms with van der Waals surface area (Å²) in [6, 6.07) is 19.1. The minimum absolute atomic E-state index is 0.234. The molecule has 0 spiro atoms. The molecule has 40 heavy (non-hydrogen) atoms. The summed E-state index contributed by atoms with van der Waals surface area (Å²) in [5.74, 6) is 1.40. The maximum absolute atomic E-state index is 12.3. The predicted molar refractivity (Wildman–Crippen MR) is 156 cm³/mol. The molecular weight excluding hydrogens is 539 g/mol. The van der Waals surface area contributed by atoms with Gasteiger partial charge in [0.1, 0.15) is 23.7 Å². The zero-order chi connectivity index (χ0) is 28.9. The molecule has 1 aliphatic carbocycles. The second-order valence-electron chi connectivity index (χ2n) is 9.58. The highest BCUT2D eigenvalue weighted by molar-refractivity contribution is 7.80. The third kappa shape index (κ3) is 7.95. The third-order valence-electron chi connectivity index (χ3n) is 6.34. The fourth-order valence-corrected chi connectivity index (χ4v) is 4.44. The van der Waals surface area contributed by atoms with Crippen molar-refractivity contribution in [2.45, 2.75) is 44.5 Å². The van der Waals surface area contributed by atoms with Crippen LogP contribution in [0.15, 0.2) is 76.7 Å². The molecule has 1 saturated carbocycles. The molecule has 3 aromatic carbocycles. The first-order valence-corrected chi connectivity index (χ1v) is 13.0. The van der Waals surface area contributed by atoms with Crippen molar-refractivity contribution in [2.75, 3.05) is 12.4 Å². The van der Waals surface area contributed by atoms with Crippen molar-refractivity contribution in [1.82, 2.24) is 5.32 Å². The standard InChI is InChI=1S/C29H30F3N5O2S/c1-17(2)23-14-22(38-3)12-13-25(23)36-28(40)37-26-15-24(26)18-4-6-19(7-5-18)27(33)35-16-34-20-8-10-21(11-9-20)39-29(30,31)32/h4-14,16-17,24,26H,15H2,1-3H3,(H2,33,34,35)(H2,36,37,40). The summed E-state index contributed by atoms with van der Waals surface area (Å²) in [4.78, 5) is 8.23. The number of methoxy groups -OCH3 is 1. The maximum Gasteiger partial charge on any atom is 0.573 e. The van der Waals surface area contributed by atoms with Gasteiger partial charge >= 0.3 is 6.36 Å². The average Bonchev–Trinajstić information content (AvgIpc) is 3.67. The minimum atomic E-state index is -4.74. The Labute approximate surface area is 236 Å². The molecule has 11 heteroatoms. The number of nitrogens with zero attached hydrogens (tertiary/aromatic N) is 2. The van der Waals surface area contributed by atoms with Crippen molar-refractivity contribution >= 4 is 40.9 Å². The van der Waals surface area contributed by atoms with Crippen LogP contribution in [0, 0.1) is 0 Å². The summed E-state index contributed by atoms with van der Waals surface area (Å²) in [5.41, 5.74) is 10.5. The Balaban J connectivity index is 1.29. The molecule has 0 amide bonds. The van der Waals surface area contributed by atoms with E-state index in [9.17, 15) is 13.2 Å². The molecule has 0 radical (unpaired) electrons. The van der Waals surface area contributed by atoms with Crippen molar-refractivity contribution in [2.24, 2.45) is 15.7 Å². The number of hydrogen-bond donors (Lipinski definition) is 3. The molecule has 210 valence electrons. The van der Waals surface area contributed by atoms with E-state index in [1.807, 2.05) is 42.5 Å². The summed E-state index contributed by atoms with van der Waals surface area (Å²) in [7, 11) is 1.65. The number of halogens is 3. The number of alkyl halides is 3. The summed E-state index contributed by atoms with van der Waals surface area (Å²) < 4.78 is 46.0.